The van der Waals surface area contributed by atoms with E-state index in [1.165, 1.54) is 35.5 Å². The summed E-state index contributed by atoms with van der Waals surface area (Å²) in [6, 6.07) is 11.1. The molecule has 1 fully saturated rings. The van der Waals surface area contributed by atoms with Gasteiger partial charge in [0, 0.05) is 25.6 Å². The number of aryl methyl sites for hydroxylation is 1. The Morgan fingerprint density at radius 2 is 1.62 bits per heavy atom. The Kier molecular flexibility index (Phi) is 6.31. The van der Waals surface area contributed by atoms with Crippen LogP contribution in [0.5, 0.6) is 0 Å². The summed E-state index contributed by atoms with van der Waals surface area (Å²) in [5.74, 6) is -0.653. The maximum Gasteiger partial charge on any atom is 0.255 e. The largest absolute Gasteiger partial charge is 0.379 e. The lowest BCUT2D eigenvalue weighted by Gasteiger charge is -2.26. The molecule has 0 unspecified atom stereocenters. The van der Waals surface area contributed by atoms with Crippen LogP contribution in [0.4, 0.5) is 11.4 Å². The van der Waals surface area contributed by atoms with Gasteiger partial charge >= 0.3 is 0 Å². The molecule has 0 radical (unpaired) electrons. The van der Waals surface area contributed by atoms with Crippen LogP contribution in [0.2, 0.25) is 0 Å². The molecule has 0 atom stereocenters. The first kappa shape index (κ1) is 21.0. The lowest BCUT2D eigenvalue weighted by atomic mass is 10.1. The molecule has 29 heavy (non-hydrogen) atoms. The van der Waals surface area contributed by atoms with E-state index in [-0.39, 0.29) is 10.8 Å². The number of carbonyl (C=O) groups is 2. The van der Waals surface area contributed by atoms with Crippen molar-refractivity contribution in [1.29, 1.82) is 0 Å². The molecule has 9 heteroatoms. The van der Waals surface area contributed by atoms with Gasteiger partial charge in [-0.05, 0) is 48.9 Å². The van der Waals surface area contributed by atoms with Crippen molar-refractivity contribution in [1.82, 2.24) is 4.31 Å². The zero-order chi connectivity index (χ0) is 21.0. The lowest BCUT2D eigenvalue weighted by molar-refractivity contribution is -0.114. The summed E-state index contributed by atoms with van der Waals surface area (Å²) < 4.78 is 31.9. The van der Waals surface area contributed by atoms with Gasteiger partial charge in [0.1, 0.15) is 0 Å². The number of benzene rings is 2. The Labute approximate surface area is 169 Å². The SMILES string of the molecule is CC(=O)Nc1ccc(C)cc1NC(=O)c1ccc(S(=O)(=O)N2CCOCC2)cc1. The summed E-state index contributed by atoms with van der Waals surface area (Å²) in [6.07, 6.45) is 0. The van der Waals surface area contributed by atoms with E-state index in [1.54, 1.807) is 12.1 Å². The second-order valence-electron chi connectivity index (χ2n) is 6.73. The second-order valence-corrected chi connectivity index (χ2v) is 8.66. The minimum atomic E-state index is -3.62. The molecule has 0 spiro atoms. The minimum absolute atomic E-state index is 0.130. The predicted molar refractivity (Wildman–Crippen MR) is 109 cm³/mol. The van der Waals surface area contributed by atoms with Crippen molar-refractivity contribution in [3.63, 3.8) is 0 Å². The first-order chi connectivity index (χ1) is 13.8. The number of ether oxygens (including phenoxy) is 1. The normalized spacial score (nSPS) is 15.0. The van der Waals surface area contributed by atoms with Crippen molar-refractivity contribution in [2.75, 3.05) is 36.9 Å². The first-order valence-corrected chi connectivity index (χ1v) is 10.6. The summed E-state index contributed by atoms with van der Waals surface area (Å²) in [5.41, 5.74) is 2.18. The molecular formula is C20H23N3O5S. The van der Waals surface area contributed by atoms with E-state index in [2.05, 4.69) is 10.6 Å². The van der Waals surface area contributed by atoms with Crippen LogP contribution in [-0.2, 0) is 19.6 Å². The Morgan fingerprint density at radius 1 is 0.966 bits per heavy atom. The Balaban J connectivity index is 1.78. The summed E-state index contributed by atoms with van der Waals surface area (Å²) in [5, 5.41) is 5.44. The van der Waals surface area contributed by atoms with E-state index >= 15 is 0 Å². The smallest absolute Gasteiger partial charge is 0.255 e. The minimum Gasteiger partial charge on any atom is -0.379 e. The van der Waals surface area contributed by atoms with E-state index in [9.17, 15) is 18.0 Å². The van der Waals surface area contributed by atoms with Gasteiger partial charge in [0.15, 0.2) is 0 Å². The van der Waals surface area contributed by atoms with Crippen LogP contribution in [-0.4, -0.2) is 50.8 Å². The molecule has 2 aromatic carbocycles. The number of nitrogens with one attached hydrogen (secondary N) is 2. The third-order valence-corrected chi connectivity index (χ3v) is 6.37. The fourth-order valence-electron chi connectivity index (χ4n) is 2.97. The molecule has 0 aliphatic carbocycles. The molecule has 154 valence electrons. The van der Waals surface area contributed by atoms with Crippen molar-refractivity contribution in [3.05, 3.63) is 53.6 Å². The van der Waals surface area contributed by atoms with Gasteiger partial charge in [-0.25, -0.2) is 8.42 Å². The molecule has 0 bridgehead atoms. The van der Waals surface area contributed by atoms with Crippen molar-refractivity contribution in [2.45, 2.75) is 18.7 Å². The van der Waals surface area contributed by atoms with E-state index in [0.29, 0.717) is 43.2 Å². The highest BCUT2D eigenvalue weighted by Gasteiger charge is 2.26. The third-order valence-electron chi connectivity index (χ3n) is 4.46. The van der Waals surface area contributed by atoms with Crippen molar-refractivity contribution in [2.24, 2.45) is 0 Å². The van der Waals surface area contributed by atoms with Crippen LogP contribution in [0.15, 0.2) is 47.4 Å². The molecule has 0 aromatic heterocycles. The number of carbonyl (C=O) groups excluding carboxylic acids is 2. The fourth-order valence-corrected chi connectivity index (χ4v) is 4.38. The summed E-state index contributed by atoms with van der Waals surface area (Å²) in [4.78, 5) is 24.1. The predicted octanol–water partition coefficient (Wildman–Crippen LogP) is 2.23. The van der Waals surface area contributed by atoms with Crippen molar-refractivity contribution < 1.29 is 22.7 Å². The summed E-state index contributed by atoms with van der Waals surface area (Å²) in [7, 11) is -3.62. The number of sulfonamides is 1. The van der Waals surface area contributed by atoms with Gasteiger partial charge < -0.3 is 15.4 Å². The highest BCUT2D eigenvalue weighted by molar-refractivity contribution is 7.89. The number of morpholine rings is 1. The monoisotopic (exact) mass is 417 g/mol. The number of nitrogens with zero attached hydrogens (tertiary/aromatic N) is 1. The zero-order valence-electron chi connectivity index (χ0n) is 16.3. The zero-order valence-corrected chi connectivity index (χ0v) is 17.1. The maximum absolute atomic E-state index is 12.7. The Morgan fingerprint density at radius 3 is 2.24 bits per heavy atom. The van der Waals surface area contributed by atoms with E-state index in [4.69, 9.17) is 4.74 Å². The Bertz CT molecular complexity index is 1010. The summed E-state index contributed by atoms with van der Waals surface area (Å²) in [6.45, 7) is 4.62. The molecule has 2 aromatic rings. The maximum atomic E-state index is 12.7. The number of hydrogen-bond donors (Lipinski definition) is 2. The number of anilines is 2. The second kappa shape index (κ2) is 8.73. The highest BCUT2D eigenvalue weighted by atomic mass is 32.2. The molecular weight excluding hydrogens is 394 g/mol. The van der Waals surface area contributed by atoms with Gasteiger partial charge in [-0.15, -0.1) is 0 Å². The van der Waals surface area contributed by atoms with E-state index in [1.807, 2.05) is 13.0 Å². The van der Waals surface area contributed by atoms with Gasteiger partial charge in [-0.1, -0.05) is 6.07 Å². The van der Waals surface area contributed by atoms with Crippen LogP contribution in [0.25, 0.3) is 0 Å². The average Bonchev–Trinajstić information content (AvgIpc) is 2.70. The van der Waals surface area contributed by atoms with Gasteiger partial charge in [0.25, 0.3) is 5.91 Å². The molecule has 1 saturated heterocycles. The number of rotatable bonds is 5. The van der Waals surface area contributed by atoms with Crippen molar-refractivity contribution in [3.8, 4) is 0 Å². The topological polar surface area (TPSA) is 105 Å². The van der Waals surface area contributed by atoms with Crippen LogP contribution >= 0.6 is 0 Å². The molecule has 1 heterocycles. The molecule has 1 aliphatic rings. The van der Waals surface area contributed by atoms with Crippen LogP contribution in [0, 0.1) is 6.92 Å². The molecule has 2 N–H and O–H groups in total. The fraction of sp³-hybridized carbons (Fsp3) is 0.300. The van der Waals surface area contributed by atoms with E-state index in [0.717, 1.165) is 5.56 Å². The van der Waals surface area contributed by atoms with Gasteiger partial charge in [-0.2, -0.15) is 4.31 Å². The Hall–Kier alpha value is -2.75. The average molecular weight is 417 g/mol. The lowest BCUT2D eigenvalue weighted by Crippen LogP contribution is -2.40. The standard InChI is InChI=1S/C20H23N3O5S/c1-14-3-8-18(21-15(2)24)19(13-14)22-20(25)16-4-6-17(7-5-16)29(26,27)23-9-11-28-12-10-23/h3-8,13H,9-12H2,1-2H3,(H,21,24)(H,22,25). The highest BCUT2D eigenvalue weighted by Crippen LogP contribution is 2.24. The van der Waals surface area contributed by atoms with Crippen molar-refractivity contribution >= 4 is 33.2 Å². The summed E-state index contributed by atoms with van der Waals surface area (Å²) >= 11 is 0. The van der Waals surface area contributed by atoms with Crippen LogP contribution < -0.4 is 10.6 Å². The van der Waals surface area contributed by atoms with Crippen LogP contribution in [0.1, 0.15) is 22.8 Å². The molecule has 0 saturated carbocycles. The quantitative estimate of drug-likeness (QED) is 0.776. The third kappa shape index (κ3) is 5.00. The first-order valence-electron chi connectivity index (χ1n) is 9.15. The number of hydrogen-bond acceptors (Lipinski definition) is 5. The molecule has 8 nitrogen and oxygen atoms in total. The molecule has 1 aliphatic heterocycles. The molecule has 2 amide bonds. The number of amides is 2. The van der Waals surface area contributed by atoms with Gasteiger partial charge in [0.2, 0.25) is 15.9 Å². The van der Waals surface area contributed by atoms with E-state index < -0.39 is 15.9 Å². The van der Waals surface area contributed by atoms with Gasteiger partial charge in [-0.3, -0.25) is 9.59 Å². The van der Waals surface area contributed by atoms with Gasteiger partial charge in [0.05, 0.1) is 29.5 Å². The van der Waals surface area contributed by atoms with Crippen LogP contribution in [0.3, 0.4) is 0 Å². The molecule has 3 rings (SSSR count).